The van der Waals surface area contributed by atoms with Crippen LogP contribution in [0.1, 0.15) is 30.9 Å². The lowest BCUT2D eigenvalue weighted by molar-refractivity contribution is 0.00788. The van der Waals surface area contributed by atoms with Crippen molar-refractivity contribution in [1.29, 1.82) is 0 Å². The Morgan fingerprint density at radius 2 is 1.81 bits per heavy atom. The summed E-state index contributed by atoms with van der Waals surface area (Å²) < 4.78 is 5.51. The summed E-state index contributed by atoms with van der Waals surface area (Å²) in [4.78, 5) is 0. The molecule has 0 bridgehead atoms. The summed E-state index contributed by atoms with van der Waals surface area (Å²) in [5.74, 6) is 0. The van der Waals surface area contributed by atoms with Gasteiger partial charge in [-0.3, -0.25) is 0 Å². The number of ether oxygens (including phenoxy) is 1. The molecule has 2 aliphatic heterocycles. The largest absolute Gasteiger partial charge is 0.381 e. The van der Waals surface area contributed by atoms with Gasteiger partial charge in [-0.15, -0.1) is 0 Å². The Kier molecular flexibility index (Phi) is 2.70. The van der Waals surface area contributed by atoms with E-state index in [1.54, 1.807) is 0 Å². The van der Waals surface area contributed by atoms with E-state index < -0.39 is 0 Å². The second-order valence-corrected chi connectivity index (χ2v) is 5.02. The van der Waals surface area contributed by atoms with Crippen LogP contribution in [0.2, 0.25) is 0 Å². The van der Waals surface area contributed by atoms with Crippen molar-refractivity contribution in [3.8, 4) is 0 Å². The van der Waals surface area contributed by atoms with Crippen LogP contribution in [-0.2, 0) is 4.74 Å². The van der Waals surface area contributed by atoms with E-state index in [-0.39, 0.29) is 0 Å². The summed E-state index contributed by atoms with van der Waals surface area (Å²) in [6.07, 6.45) is 3.72. The third-order valence-corrected chi connectivity index (χ3v) is 4.21. The van der Waals surface area contributed by atoms with E-state index >= 15 is 0 Å². The summed E-state index contributed by atoms with van der Waals surface area (Å²) >= 11 is 0. The first-order valence-electron chi connectivity index (χ1n) is 6.27. The van der Waals surface area contributed by atoms with Crippen molar-refractivity contribution in [3.63, 3.8) is 0 Å². The zero-order valence-electron chi connectivity index (χ0n) is 9.61. The molecular formula is C14H19NO. The normalized spacial score (nSPS) is 28.4. The standard InChI is InChI=1S/C14H19NO/c1-2-4-12(5-3-1)13-14(6-9-15-13)7-10-16-11-8-14/h1-5,13,15H,6-11H2. The van der Waals surface area contributed by atoms with Gasteiger partial charge in [0.1, 0.15) is 0 Å². The topological polar surface area (TPSA) is 21.3 Å². The summed E-state index contributed by atoms with van der Waals surface area (Å²) in [7, 11) is 0. The zero-order valence-corrected chi connectivity index (χ0v) is 9.61. The molecule has 2 saturated heterocycles. The van der Waals surface area contributed by atoms with Gasteiger partial charge in [-0.2, -0.15) is 0 Å². The molecule has 0 radical (unpaired) electrons. The van der Waals surface area contributed by atoms with Crippen molar-refractivity contribution >= 4 is 0 Å². The van der Waals surface area contributed by atoms with Crippen molar-refractivity contribution in [1.82, 2.24) is 5.32 Å². The molecule has 1 N–H and O–H groups in total. The molecule has 1 aromatic rings. The van der Waals surface area contributed by atoms with Crippen molar-refractivity contribution < 1.29 is 4.74 Å². The molecule has 0 aromatic heterocycles. The van der Waals surface area contributed by atoms with Crippen LogP contribution in [0.4, 0.5) is 0 Å². The zero-order chi connectivity index (χ0) is 10.8. The Hall–Kier alpha value is -0.860. The SMILES string of the molecule is c1ccc(C2NCCC23CCOCC3)cc1. The minimum Gasteiger partial charge on any atom is -0.381 e. The van der Waals surface area contributed by atoms with Crippen LogP contribution < -0.4 is 5.32 Å². The van der Waals surface area contributed by atoms with Crippen molar-refractivity contribution in [2.45, 2.75) is 25.3 Å². The predicted molar refractivity (Wildman–Crippen MR) is 64.3 cm³/mol. The molecule has 2 heterocycles. The van der Waals surface area contributed by atoms with Crippen LogP contribution in [-0.4, -0.2) is 19.8 Å². The molecule has 1 unspecified atom stereocenters. The molecule has 1 spiro atoms. The number of nitrogens with one attached hydrogen (secondary N) is 1. The van der Waals surface area contributed by atoms with E-state index in [1.807, 2.05) is 0 Å². The maximum Gasteiger partial charge on any atom is 0.0472 e. The third kappa shape index (κ3) is 1.66. The van der Waals surface area contributed by atoms with E-state index in [0.717, 1.165) is 19.8 Å². The Morgan fingerprint density at radius 3 is 2.56 bits per heavy atom. The van der Waals surface area contributed by atoms with Crippen LogP contribution in [0.25, 0.3) is 0 Å². The fourth-order valence-corrected chi connectivity index (χ4v) is 3.26. The molecule has 0 amide bonds. The van der Waals surface area contributed by atoms with Gasteiger partial charge < -0.3 is 10.1 Å². The second kappa shape index (κ2) is 4.19. The molecule has 0 saturated carbocycles. The number of rotatable bonds is 1. The minimum atomic E-state index is 0.458. The van der Waals surface area contributed by atoms with E-state index in [2.05, 4.69) is 35.6 Å². The van der Waals surface area contributed by atoms with Crippen molar-refractivity contribution in [3.05, 3.63) is 35.9 Å². The average molecular weight is 217 g/mol. The molecule has 2 fully saturated rings. The van der Waals surface area contributed by atoms with E-state index in [9.17, 15) is 0 Å². The fourth-order valence-electron chi connectivity index (χ4n) is 3.26. The summed E-state index contributed by atoms with van der Waals surface area (Å²) in [5, 5.41) is 3.68. The number of benzene rings is 1. The number of hydrogen-bond acceptors (Lipinski definition) is 2. The summed E-state index contributed by atoms with van der Waals surface area (Å²) in [5.41, 5.74) is 1.90. The van der Waals surface area contributed by atoms with E-state index in [4.69, 9.17) is 4.74 Å². The Bertz CT molecular complexity index is 343. The van der Waals surface area contributed by atoms with Gasteiger partial charge in [0.25, 0.3) is 0 Å². The molecule has 3 rings (SSSR count). The molecule has 16 heavy (non-hydrogen) atoms. The van der Waals surface area contributed by atoms with Gasteiger partial charge in [0.05, 0.1) is 0 Å². The monoisotopic (exact) mass is 217 g/mol. The lowest BCUT2D eigenvalue weighted by Crippen LogP contribution is -2.34. The van der Waals surface area contributed by atoms with Crippen LogP contribution in [0.15, 0.2) is 30.3 Å². The molecule has 0 aliphatic carbocycles. The van der Waals surface area contributed by atoms with Gasteiger partial charge in [-0.1, -0.05) is 30.3 Å². The Balaban J connectivity index is 1.89. The van der Waals surface area contributed by atoms with Gasteiger partial charge in [0, 0.05) is 19.3 Å². The lowest BCUT2D eigenvalue weighted by Gasteiger charge is -2.38. The van der Waals surface area contributed by atoms with Gasteiger partial charge in [0.15, 0.2) is 0 Å². The highest BCUT2D eigenvalue weighted by Gasteiger charge is 2.44. The predicted octanol–water partition coefficient (Wildman–Crippen LogP) is 2.52. The third-order valence-electron chi connectivity index (χ3n) is 4.21. The Labute approximate surface area is 97.0 Å². The van der Waals surface area contributed by atoms with Crippen molar-refractivity contribution in [2.24, 2.45) is 5.41 Å². The first-order valence-corrected chi connectivity index (χ1v) is 6.27. The van der Waals surface area contributed by atoms with Gasteiger partial charge in [-0.05, 0) is 36.8 Å². The second-order valence-electron chi connectivity index (χ2n) is 5.02. The maximum atomic E-state index is 5.51. The quantitative estimate of drug-likeness (QED) is 0.780. The summed E-state index contributed by atoms with van der Waals surface area (Å²) in [6, 6.07) is 11.4. The smallest absolute Gasteiger partial charge is 0.0472 e. The molecule has 1 atom stereocenters. The van der Waals surface area contributed by atoms with Crippen LogP contribution in [0.5, 0.6) is 0 Å². The molecule has 86 valence electrons. The van der Waals surface area contributed by atoms with E-state index in [1.165, 1.54) is 24.8 Å². The van der Waals surface area contributed by atoms with E-state index in [0.29, 0.717) is 11.5 Å². The first kappa shape index (κ1) is 10.3. The molecule has 2 aliphatic rings. The molecule has 2 heteroatoms. The molecular weight excluding hydrogens is 198 g/mol. The van der Waals surface area contributed by atoms with Gasteiger partial charge in [0.2, 0.25) is 0 Å². The molecule has 1 aromatic carbocycles. The Morgan fingerprint density at radius 1 is 1.06 bits per heavy atom. The first-order chi connectivity index (χ1) is 7.91. The minimum absolute atomic E-state index is 0.458. The highest BCUT2D eigenvalue weighted by atomic mass is 16.5. The lowest BCUT2D eigenvalue weighted by atomic mass is 9.72. The average Bonchev–Trinajstić information content (AvgIpc) is 2.75. The maximum absolute atomic E-state index is 5.51. The highest BCUT2D eigenvalue weighted by Crippen LogP contribution is 2.48. The van der Waals surface area contributed by atoms with Gasteiger partial charge >= 0.3 is 0 Å². The van der Waals surface area contributed by atoms with Crippen molar-refractivity contribution in [2.75, 3.05) is 19.8 Å². The number of hydrogen-bond donors (Lipinski definition) is 1. The fraction of sp³-hybridized carbons (Fsp3) is 0.571. The van der Waals surface area contributed by atoms with Gasteiger partial charge in [-0.25, -0.2) is 0 Å². The summed E-state index contributed by atoms with van der Waals surface area (Å²) in [6.45, 7) is 3.02. The van der Waals surface area contributed by atoms with Crippen LogP contribution in [0.3, 0.4) is 0 Å². The highest BCUT2D eigenvalue weighted by molar-refractivity contribution is 5.23. The van der Waals surface area contributed by atoms with Crippen LogP contribution in [0, 0.1) is 5.41 Å². The molecule has 2 nitrogen and oxygen atoms in total. The van der Waals surface area contributed by atoms with Crippen LogP contribution >= 0.6 is 0 Å².